The molecule has 0 aliphatic rings. The third-order valence-electron chi connectivity index (χ3n) is 5.23. The van der Waals surface area contributed by atoms with Crippen molar-refractivity contribution in [1.29, 1.82) is 0 Å². The highest BCUT2D eigenvalue weighted by Crippen LogP contribution is 2.32. The van der Waals surface area contributed by atoms with E-state index in [1.165, 1.54) is 54.6 Å². The van der Waals surface area contributed by atoms with Crippen LogP contribution in [0.1, 0.15) is 5.56 Å². The maximum absolute atomic E-state index is 13.4. The molecule has 0 saturated carbocycles. The SMILES string of the molecule is O=C(CN(Cc1ccc(F)cc1)S(=O)(=O)c1ccc(Cl)cc1)Nc1cc(Cl)ccc1Oc1ccccc1. The van der Waals surface area contributed by atoms with Gasteiger partial charge in [-0.1, -0.05) is 53.5 Å². The summed E-state index contributed by atoms with van der Waals surface area (Å²) in [6, 6.07) is 24.7. The number of nitrogens with zero attached hydrogens (tertiary/aromatic N) is 1. The van der Waals surface area contributed by atoms with E-state index in [1.54, 1.807) is 36.4 Å². The summed E-state index contributed by atoms with van der Waals surface area (Å²) >= 11 is 12.1. The van der Waals surface area contributed by atoms with E-state index >= 15 is 0 Å². The van der Waals surface area contributed by atoms with Gasteiger partial charge in [0.2, 0.25) is 15.9 Å². The summed E-state index contributed by atoms with van der Waals surface area (Å²) in [5.74, 6) is -0.210. The van der Waals surface area contributed by atoms with Crippen LogP contribution in [0.2, 0.25) is 10.0 Å². The zero-order valence-electron chi connectivity index (χ0n) is 19.3. The number of nitrogens with one attached hydrogen (secondary N) is 1. The van der Waals surface area contributed by atoms with Crippen LogP contribution in [-0.2, 0) is 21.4 Å². The molecule has 0 bridgehead atoms. The lowest BCUT2D eigenvalue weighted by atomic mass is 10.2. The lowest BCUT2D eigenvalue weighted by Gasteiger charge is -2.22. The van der Waals surface area contributed by atoms with Crippen LogP contribution in [0.5, 0.6) is 11.5 Å². The monoisotopic (exact) mass is 558 g/mol. The topological polar surface area (TPSA) is 75.7 Å². The number of hydrogen-bond donors (Lipinski definition) is 1. The molecule has 4 aromatic carbocycles. The smallest absolute Gasteiger partial charge is 0.243 e. The second kappa shape index (κ2) is 11.7. The van der Waals surface area contributed by atoms with E-state index < -0.39 is 28.3 Å². The molecule has 6 nitrogen and oxygen atoms in total. The van der Waals surface area contributed by atoms with E-state index in [9.17, 15) is 17.6 Å². The average molecular weight is 559 g/mol. The van der Waals surface area contributed by atoms with Gasteiger partial charge in [-0.15, -0.1) is 0 Å². The maximum atomic E-state index is 13.4. The normalized spacial score (nSPS) is 11.4. The zero-order chi connectivity index (χ0) is 26.4. The molecule has 0 spiro atoms. The Bertz CT molecular complexity index is 1480. The standard InChI is InChI=1S/C27H21Cl2FN2O4S/c28-20-8-13-24(14-9-20)37(34,35)32(17-19-6-11-22(30)12-7-19)18-27(33)31-25-16-21(29)10-15-26(25)36-23-4-2-1-3-5-23/h1-16H,17-18H2,(H,31,33). The Balaban J connectivity index is 1.60. The molecular formula is C27H21Cl2FN2O4S. The first-order valence-corrected chi connectivity index (χ1v) is 13.2. The van der Waals surface area contributed by atoms with Crippen molar-refractivity contribution in [1.82, 2.24) is 4.31 Å². The molecule has 10 heteroatoms. The van der Waals surface area contributed by atoms with Crippen molar-refractivity contribution in [2.75, 3.05) is 11.9 Å². The predicted molar refractivity (Wildman–Crippen MR) is 142 cm³/mol. The van der Waals surface area contributed by atoms with E-state index in [1.807, 2.05) is 6.07 Å². The summed E-state index contributed by atoms with van der Waals surface area (Å²) in [5, 5.41) is 3.42. The van der Waals surface area contributed by atoms with E-state index in [2.05, 4.69) is 5.32 Å². The fourth-order valence-electron chi connectivity index (χ4n) is 3.43. The molecule has 190 valence electrons. The van der Waals surface area contributed by atoms with Gasteiger partial charge >= 0.3 is 0 Å². The number of sulfonamides is 1. The Kier molecular flexibility index (Phi) is 8.45. The minimum atomic E-state index is -4.12. The molecule has 4 aromatic rings. The van der Waals surface area contributed by atoms with Crippen LogP contribution >= 0.6 is 23.2 Å². The number of hydrogen-bond acceptors (Lipinski definition) is 4. The number of ether oxygens (including phenoxy) is 1. The zero-order valence-corrected chi connectivity index (χ0v) is 21.6. The number of benzene rings is 4. The van der Waals surface area contributed by atoms with Crippen molar-refractivity contribution < 1.29 is 22.3 Å². The van der Waals surface area contributed by atoms with Crippen molar-refractivity contribution in [3.63, 3.8) is 0 Å². The highest BCUT2D eigenvalue weighted by Gasteiger charge is 2.27. The molecule has 1 amide bonds. The summed E-state index contributed by atoms with van der Waals surface area (Å²) in [7, 11) is -4.12. The minimum Gasteiger partial charge on any atom is -0.455 e. The molecule has 0 heterocycles. The van der Waals surface area contributed by atoms with Crippen LogP contribution in [0.25, 0.3) is 0 Å². The molecule has 37 heavy (non-hydrogen) atoms. The van der Waals surface area contributed by atoms with Crippen LogP contribution in [0.4, 0.5) is 10.1 Å². The third kappa shape index (κ3) is 7.08. The largest absolute Gasteiger partial charge is 0.455 e. The first kappa shape index (κ1) is 26.6. The van der Waals surface area contributed by atoms with Gasteiger partial charge in [-0.05, 0) is 72.3 Å². The predicted octanol–water partition coefficient (Wildman–Crippen LogP) is 6.75. The number of rotatable bonds is 9. The summed E-state index contributed by atoms with van der Waals surface area (Å²) < 4.78 is 47.2. The maximum Gasteiger partial charge on any atom is 0.243 e. The van der Waals surface area contributed by atoms with Gasteiger partial charge in [0.05, 0.1) is 17.1 Å². The van der Waals surface area contributed by atoms with Gasteiger partial charge in [-0.2, -0.15) is 4.31 Å². The number of carbonyl (C=O) groups excluding carboxylic acids is 1. The molecular weight excluding hydrogens is 538 g/mol. The summed E-state index contributed by atoms with van der Waals surface area (Å²) in [4.78, 5) is 13.1. The number of para-hydroxylation sites is 1. The molecule has 0 aliphatic carbocycles. The molecule has 0 unspecified atom stereocenters. The number of amides is 1. The van der Waals surface area contributed by atoms with Crippen molar-refractivity contribution >= 4 is 44.8 Å². The van der Waals surface area contributed by atoms with Gasteiger partial charge in [0.25, 0.3) is 0 Å². The molecule has 4 rings (SSSR count). The Morgan fingerprint density at radius 1 is 0.865 bits per heavy atom. The number of anilines is 1. The van der Waals surface area contributed by atoms with Crippen LogP contribution in [0, 0.1) is 5.82 Å². The van der Waals surface area contributed by atoms with Crippen molar-refractivity contribution in [2.45, 2.75) is 11.4 Å². The second-order valence-electron chi connectivity index (χ2n) is 7.96. The Hall–Kier alpha value is -3.43. The fraction of sp³-hybridized carbons (Fsp3) is 0.0741. The minimum absolute atomic E-state index is 0.0392. The Morgan fingerprint density at radius 3 is 2.19 bits per heavy atom. The quantitative estimate of drug-likeness (QED) is 0.246. The first-order chi connectivity index (χ1) is 17.7. The van der Waals surface area contributed by atoms with Gasteiger partial charge in [-0.25, -0.2) is 12.8 Å². The number of halogens is 3. The molecule has 0 atom stereocenters. The van der Waals surface area contributed by atoms with Crippen molar-refractivity contribution in [2.24, 2.45) is 0 Å². The van der Waals surface area contributed by atoms with Crippen molar-refractivity contribution in [3.8, 4) is 11.5 Å². The van der Waals surface area contributed by atoms with Gasteiger partial charge in [0.1, 0.15) is 11.6 Å². The average Bonchev–Trinajstić information content (AvgIpc) is 2.87. The molecule has 0 fully saturated rings. The molecule has 0 radical (unpaired) electrons. The van der Waals surface area contributed by atoms with Crippen LogP contribution < -0.4 is 10.1 Å². The van der Waals surface area contributed by atoms with E-state index in [4.69, 9.17) is 27.9 Å². The fourth-order valence-corrected chi connectivity index (χ4v) is 5.11. The molecule has 0 aliphatic heterocycles. The Labute approximate surface area is 224 Å². The van der Waals surface area contributed by atoms with Gasteiger partial charge in [0.15, 0.2) is 5.75 Å². The van der Waals surface area contributed by atoms with Crippen LogP contribution in [0.3, 0.4) is 0 Å². The third-order valence-corrected chi connectivity index (χ3v) is 7.52. The molecule has 1 N–H and O–H groups in total. The van der Waals surface area contributed by atoms with Gasteiger partial charge in [0, 0.05) is 16.6 Å². The van der Waals surface area contributed by atoms with E-state index in [-0.39, 0.29) is 17.1 Å². The lowest BCUT2D eigenvalue weighted by Crippen LogP contribution is -2.37. The highest BCUT2D eigenvalue weighted by molar-refractivity contribution is 7.89. The highest BCUT2D eigenvalue weighted by atomic mass is 35.5. The summed E-state index contributed by atoms with van der Waals surface area (Å²) in [5.41, 5.74) is 0.773. The lowest BCUT2D eigenvalue weighted by molar-refractivity contribution is -0.116. The second-order valence-corrected chi connectivity index (χ2v) is 10.8. The van der Waals surface area contributed by atoms with Crippen molar-refractivity contribution in [3.05, 3.63) is 118 Å². The summed E-state index contributed by atoms with van der Waals surface area (Å²) in [6.45, 7) is -0.693. The van der Waals surface area contributed by atoms with Crippen LogP contribution in [-0.4, -0.2) is 25.2 Å². The van der Waals surface area contributed by atoms with E-state index in [0.29, 0.717) is 27.1 Å². The van der Waals surface area contributed by atoms with Gasteiger partial charge in [-0.3, -0.25) is 4.79 Å². The molecule has 0 saturated heterocycles. The first-order valence-electron chi connectivity index (χ1n) is 11.0. The van der Waals surface area contributed by atoms with Gasteiger partial charge < -0.3 is 10.1 Å². The summed E-state index contributed by atoms with van der Waals surface area (Å²) in [6.07, 6.45) is 0. The van der Waals surface area contributed by atoms with Crippen LogP contribution in [0.15, 0.2) is 102 Å². The Morgan fingerprint density at radius 2 is 1.51 bits per heavy atom. The number of carbonyl (C=O) groups is 1. The molecule has 0 aromatic heterocycles. The van der Waals surface area contributed by atoms with E-state index in [0.717, 1.165) is 4.31 Å².